The molecule has 3 heterocycles. The molecule has 0 unspecified atom stereocenters. The maximum absolute atomic E-state index is 12.3. The van der Waals surface area contributed by atoms with Gasteiger partial charge in [-0.25, -0.2) is 9.97 Å². The van der Waals surface area contributed by atoms with Crippen LogP contribution in [0.4, 0.5) is 23.0 Å². The number of aromatic nitrogens is 2. The highest BCUT2D eigenvalue weighted by Crippen LogP contribution is 2.26. The molecule has 1 amide bonds. The van der Waals surface area contributed by atoms with Crippen LogP contribution in [0.5, 0.6) is 0 Å². The van der Waals surface area contributed by atoms with E-state index in [0.717, 1.165) is 68.3 Å². The molecule has 2 aromatic carbocycles. The van der Waals surface area contributed by atoms with Crippen molar-refractivity contribution in [3.8, 4) is 11.3 Å². The summed E-state index contributed by atoms with van der Waals surface area (Å²) in [5.41, 5.74) is 5.94. The zero-order valence-corrected chi connectivity index (χ0v) is 19.4. The van der Waals surface area contributed by atoms with Gasteiger partial charge in [0.25, 0.3) is 0 Å². The molecule has 0 bridgehead atoms. The molecule has 2 saturated heterocycles. The number of nitrogens with zero attached hydrogens (tertiary/aromatic N) is 3. The molecule has 5 rings (SSSR count). The van der Waals surface area contributed by atoms with E-state index in [0.29, 0.717) is 5.95 Å². The van der Waals surface area contributed by atoms with Crippen LogP contribution in [0.3, 0.4) is 0 Å². The van der Waals surface area contributed by atoms with Crippen LogP contribution >= 0.6 is 0 Å². The summed E-state index contributed by atoms with van der Waals surface area (Å²) in [6, 6.07) is 15.9. The van der Waals surface area contributed by atoms with E-state index in [2.05, 4.69) is 55.9 Å². The van der Waals surface area contributed by atoms with Crippen LogP contribution in [-0.4, -0.2) is 54.8 Å². The largest absolute Gasteiger partial charge is 0.378 e. The van der Waals surface area contributed by atoms with Crippen molar-refractivity contribution in [2.45, 2.75) is 25.8 Å². The number of anilines is 4. The van der Waals surface area contributed by atoms with Crippen LogP contribution in [0.1, 0.15) is 18.4 Å². The summed E-state index contributed by atoms with van der Waals surface area (Å²) in [5.74, 6) is 0.564. The molecule has 3 aromatic rings. The van der Waals surface area contributed by atoms with Gasteiger partial charge in [-0.1, -0.05) is 12.1 Å². The normalized spacial score (nSPS) is 18.0. The van der Waals surface area contributed by atoms with E-state index < -0.39 is 0 Å². The number of carbonyl (C=O) groups excluding carboxylic acids is 1. The van der Waals surface area contributed by atoms with Crippen LogP contribution in [0, 0.1) is 6.92 Å². The van der Waals surface area contributed by atoms with E-state index in [1.165, 1.54) is 11.3 Å². The van der Waals surface area contributed by atoms with Gasteiger partial charge in [0.05, 0.1) is 24.9 Å². The zero-order chi connectivity index (χ0) is 23.3. The standard InChI is InChI=1S/C26H30N6O2/c1-18-17-21(8-9-24(18)32-13-15-34-16-14-32)30-26-28-12-10-22(31-26)19-4-6-20(7-5-19)29-25(33)23-3-2-11-27-23/h4-10,12,17,23,27H,2-3,11,13-16H2,1H3,(H,29,33)(H,28,30,31)/t23-/m1/s1. The van der Waals surface area contributed by atoms with Gasteiger partial charge in [-0.2, -0.15) is 0 Å². The molecule has 1 atom stereocenters. The Morgan fingerprint density at radius 3 is 2.62 bits per heavy atom. The summed E-state index contributed by atoms with van der Waals surface area (Å²) in [6.07, 6.45) is 3.68. The molecular weight excluding hydrogens is 428 g/mol. The van der Waals surface area contributed by atoms with E-state index in [1.807, 2.05) is 30.3 Å². The molecule has 0 spiro atoms. The summed E-state index contributed by atoms with van der Waals surface area (Å²) in [7, 11) is 0. The summed E-state index contributed by atoms with van der Waals surface area (Å²) in [5, 5.41) is 9.53. The van der Waals surface area contributed by atoms with E-state index in [4.69, 9.17) is 4.74 Å². The number of nitrogens with one attached hydrogen (secondary N) is 3. The second kappa shape index (κ2) is 10.2. The second-order valence-corrected chi connectivity index (χ2v) is 8.71. The Morgan fingerprint density at radius 1 is 1.09 bits per heavy atom. The molecule has 8 nitrogen and oxygen atoms in total. The fourth-order valence-electron chi connectivity index (χ4n) is 4.46. The summed E-state index contributed by atoms with van der Waals surface area (Å²) in [4.78, 5) is 23.7. The van der Waals surface area contributed by atoms with Crippen molar-refractivity contribution in [2.75, 3.05) is 48.4 Å². The molecule has 2 fully saturated rings. The van der Waals surface area contributed by atoms with E-state index >= 15 is 0 Å². The lowest BCUT2D eigenvalue weighted by atomic mass is 10.1. The average Bonchev–Trinajstić information content (AvgIpc) is 3.41. The Labute approximate surface area is 199 Å². The van der Waals surface area contributed by atoms with Gasteiger partial charge in [0.1, 0.15) is 0 Å². The van der Waals surface area contributed by atoms with Crippen LogP contribution in [0.2, 0.25) is 0 Å². The van der Waals surface area contributed by atoms with Crippen LogP contribution in [0.15, 0.2) is 54.7 Å². The zero-order valence-electron chi connectivity index (χ0n) is 19.4. The number of carbonyl (C=O) groups is 1. The van der Waals surface area contributed by atoms with Crippen LogP contribution < -0.4 is 20.9 Å². The molecule has 8 heteroatoms. The number of hydrogen-bond acceptors (Lipinski definition) is 7. The molecule has 0 aliphatic carbocycles. The van der Waals surface area contributed by atoms with Gasteiger partial charge in [0.15, 0.2) is 0 Å². The smallest absolute Gasteiger partial charge is 0.241 e. The monoisotopic (exact) mass is 458 g/mol. The van der Waals surface area contributed by atoms with Gasteiger partial charge in [-0.3, -0.25) is 4.79 Å². The first kappa shape index (κ1) is 22.3. The van der Waals surface area contributed by atoms with Crippen molar-refractivity contribution in [1.82, 2.24) is 15.3 Å². The lowest BCUT2D eigenvalue weighted by Crippen LogP contribution is -2.36. The molecule has 1 aromatic heterocycles. The maximum Gasteiger partial charge on any atom is 0.241 e. The SMILES string of the molecule is Cc1cc(Nc2nccc(-c3ccc(NC(=O)[C@H]4CCCN4)cc3)n2)ccc1N1CCOCC1. The first-order valence-electron chi connectivity index (χ1n) is 11.8. The Balaban J connectivity index is 1.25. The van der Waals surface area contributed by atoms with Crippen molar-refractivity contribution in [3.63, 3.8) is 0 Å². The van der Waals surface area contributed by atoms with Crippen LogP contribution in [0.25, 0.3) is 11.3 Å². The summed E-state index contributed by atoms with van der Waals surface area (Å²) in [6.45, 7) is 6.39. The third kappa shape index (κ3) is 5.18. The molecule has 3 N–H and O–H groups in total. The Kier molecular flexibility index (Phi) is 6.69. The number of hydrogen-bond donors (Lipinski definition) is 3. The van der Waals surface area contributed by atoms with Crippen molar-refractivity contribution in [2.24, 2.45) is 0 Å². The Bertz CT molecular complexity index is 1140. The number of morpholine rings is 1. The molecule has 2 aliphatic heterocycles. The number of aryl methyl sites for hydroxylation is 1. The van der Waals surface area contributed by atoms with Gasteiger partial charge in [0.2, 0.25) is 11.9 Å². The Hall–Kier alpha value is -3.49. The molecule has 176 valence electrons. The van der Waals surface area contributed by atoms with Gasteiger partial charge in [-0.05, 0) is 68.3 Å². The minimum atomic E-state index is -0.0956. The average molecular weight is 459 g/mol. The number of ether oxygens (including phenoxy) is 1. The topological polar surface area (TPSA) is 91.4 Å². The first-order valence-corrected chi connectivity index (χ1v) is 11.8. The fourth-order valence-corrected chi connectivity index (χ4v) is 4.46. The summed E-state index contributed by atoms with van der Waals surface area (Å²) >= 11 is 0. The molecule has 0 saturated carbocycles. The highest BCUT2D eigenvalue weighted by atomic mass is 16.5. The van der Waals surface area contributed by atoms with Crippen molar-refractivity contribution in [1.29, 1.82) is 0 Å². The predicted molar refractivity (Wildman–Crippen MR) is 135 cm³/mol. The Morgan fingerprint density at radius 2 is 1.88 bits per heavy atom. The quantitative estimate of drug-likeness (QED) is 0.519. The maximum atomic E-state index is 12.3. The summed E-state index contributed by atoms with van der Waals surface area (Å²) < 4.78 is 5.46. The number of rotatable bonds is 6. The fraction of sp³-hybridized carbons (Fsp3) is 0.346. The molecular formula is C26H30N6O2. The van der Waals surface area contributed by atoms with Crippen molar-refractivity contribution >= 4 is 28.9 Å². The van der Waals surface area contributed by atoms with Crippen molar-refractivity contribution in [3.05, 3.63) is 60.3 Å². The molecule has 34 heavy (non-hydrogen) atoms. The van der Waals surface area contributed by atoms with Gasteiger partial charge in [-0.15, -0.1) is 0 Å². The van der Waals surface area contributed by atoms with E-state index in [-0.39, 0.29) is 11.9 Å². The first-order chi connectivity index (χ1) is 16.7. The highest BCUT2D eigenvalue weighted by molar-refractivity contribution is 5.95. The minimum absolute atomic E-state index is 0.0219. The van der Waals surface area contributed by atoms with E-state index in [1.54, 1.807) is 6.20 Å². The van der Waals surface area contributed by atoms with Gasteiger partial charge < -0.3 is 25.6 Å². The highest BCUT2D eigenvalue weighted by Gasteiger charge is 2.21. The third-order valence-corrected chi connectivity index (χ3v) is 6.29. The number of benzene rings is 2. The van der Waals surface area contributed by atoms with Gasteiger partial charge in [0, 0.05) is 41.9 Å². The molecule has 2 aliphatic rings. The lowest BCUT2D eigenvalue weighted by Gasteiger charge is -2.30. The minimum Gasteiger partial charge on any atom is -0.378 e. The molecule has 0 radical (unpaired) electrons. The third-order valence-electron chi connectivity index (χ3n) is 6.29. The predicted octanol–water partition coefficient (Wildman–Crippen LogP) is 3.72. The van der Waals surface area contributed by atoms with Gasteiger partial charge >= 0.3 is 0 Å². The second-order valence-electron chi connectivity index (χ2n) is 8.71. The van der Waals surface area contributed by atoms with E-state index in [9.17, 15) is 4.79 Å². The number of amides is 1. The van der Waals surface area contributed by atoms with Crippen molar-refractivity contribution < 1.29 is 9.53 Å². The lowest BCUT2D eigenvalue weighted by molar-refractivity contribution is -0.117. The van der Waals surface area contributed by atoms with Crippen LogP contribution in [-0.2, 0) is 9.53 Å².